The van der Waals surface area contributed by atoms with Crippen LogP contribution in [0.15, 0.2) is 48.5 Å². The Bertz CT molecular complexity index is 587. The van der Waals surface area contributed by atoms with Gasteiger partial charge in [0.25, 0.3) is 0 Å². The van der Waals surface area contributed by atoms with Gasteiger partial charge in [0.05, 0.1) is 0 Å². The average Bonchev–Trinajstić information content (AvgIpc) is 2.47. The lowest BCUT2D eigenvalue weighted by Gasteiger charge is -2.07. The molecule has 0 saturated carbocycles. The number of benzene rings is 2. The van der Waals surface area contributed by atoms with Gasteiger partial charge in [-0.3, -0.25) is 4.79 Å². The van der Waals surface area contributed by atoms with E-state index in [1.807, 2.05) is 24.3 Å². The van der Waals surface area contributed by atoms with Crippen LogP contribution in [0.3, 0.4) is 0 Å². The van der Waals surface area contributed by atoms with Crippen LogP contribution >= 0.6 is 12.4 Å². The molecule has 5 heteroatoms. The maximum Gasteiger partial charge on any atom is 0.221 e. The standard InChI is InChI=1S/C16H17FN2O.ClH/c17-15-6-4-13(5-7-15)14-3-1-2-12(10-14)11-19-16(20)8-9-18;/h1-7,10H,8-9,11,18H2,(H,19,20);1H. The Balaban J connectivity index is 0.00000220. The summed E-state index contributed by atoms with van der Waals surface area (Å²) in [5, 5.41) is 2.81. The van der Waals surface area contributed by atoms with E-state index in [2.05, 4.69) is 5.32 Å². The number of nitrogens with one attached hydrogen (secondary N) is 1. The van der Waals surface area contributed by atoms with E-state index < -0.39 is 0 Å². The summed E-state index contributed by atoms with van der Waals surface area (Å²) in [4.78, 5) is 11.4. The third-order valence-corrected chi connectivity index (χ3v) is 2.97. The highest BCUT2D eigenvalue weighted by molar-refractivity contribution is 5.85. The minimum Gasteiger partial charge on any atom is -0.352 e. The van der Waals surface area contributed by atoms with Gasteiger partial charge in [-0.2, -0.15) is 0 Å². The lowest BCUT2D eigenvalue weighted by molar-refractivity contribution is -0.121. The van der Waals surface area contributed by atoms with Crippen molar-refractivity contribution in [2.75, 3.05) is 6.54 Å². The lowest BCUT2D eigenvalue weighted by atomic mass is 10.0. The largest absolute Gasteiger partial charge is 0.352 e. The van der Waals surface area contributed by atoms with Crippen LogP contribution in [0, 0.1) is 5.82 Å². The van der Waals surface area contributed by atoms with Gasteiger partial charge in [0, 0.05) is 19.5 Å². The second-order valence-electron chi connectivity index (χ2n) is 4.52. The van der Waals surface area contributed by atoms with Gasteiger partial charge in [0.2, 0.25) is 5.91 Å². The van der Waals surface area contributed by atoms with E-state index in [1.54, 1.807) is 12.1 Å². The van der Waals surface area contributed by atoms with E-state index in [-0.39, 0.29) is 24.1 Å². The van der Waals surface area contributed by atoms with Crippen LogP contribution in [-0.4, -0.2) is 12.5 Å². The first-order valence-electron chi connectivity index (χ1n) is 6.50. The van der Waals surface area contributed by atoms with Gasteiger partial charge < -0.3 is 11.1 Å². The fraction of sp³-hybridized carbons (Fsp3) is 0.188. The maximum absolute atomic E-state index is 12.9. The minimum absolute atomic E-state index is 0. The summed E-state index contributed by atoms with van der Waals surface area (Å²) >= 11 is 0. The smallest absolute Gasteiger partial charge is 0.221 e. The van der Waals surface area contributed by atoms with Crippen molar-refractivity contribution in [1.82, 2.24) is 5.32 Å². The normalized spacial score (nSPS) is 9.81. The van der Waals surface area contributed by atoms with Crippen LogP contribution in [0.25, 0.3) is 11.1 Å². The molecule has 1 amide bonds. The predicted octanol–water partition coefficient (Wildman–Crippen LogP) is 2.88. The van der Waals surface area contributed by atoms with E-state index in [4.69, 9.17) is 5.73 Å². The van der Waals surface area contributed by atoms with Crippen LogP contribution in [0.4, 0.5) is 4.39 Å². The highest BCUT2D eigenvalue weighted by Crippen LogP contribution is 2.20. The van der Waals surface area contributed by atoms with Gasteiger partial charge >= 0.3 is 0 Å². The number of nitrogens with two attached hydrogens (primary N) is 1. The monoisotopic (exact) mass is 308 g/mol. The Kier molecular flexibility index (Phi) is 6.85. The van der Waals surface area contributed by atoms with Crippen molar-refractivity contribution >= 4 is 18.3 Å². The highest BCUT2D eigenvalue weighted by atomic mass is 35.5. The Labute approximate surface area is 129 Å². The van der Waals surface area contributed by atoms with Crippen LogP contribution in [0.2, 0.25) is 0 Å². The van der Waals surface area contributed by atoms with Gasteiger partial charge in [-0.25, -0.2) is 4.39 Å². The molecule has 112 valence electrons. The molecule has 0 saturated heterocycles. The molecule has 0 atom stereocenters. The first kappa shape index (κ1) is 17.1. The number of rotatable bonds is 5. The van der Waals surface area contributed by atoms with Crippen LogP contribution < -0.4 is 11.1 Å². The van der Waals surface area contributed by atoms with Crippen molar-refractivity contribution in [3.8, 4) is 11.1 Å². The zero-order valence-electron chi connectivity index (χ0n) is 11.5. The van der Waals surface area contributed by atoms with Crippen molar-refractivity contribution < 1.29 is 9.18 Å². The third kappa shape index (κ3) is 5.17. The SMILES string of the molecule is Cl.NCCC(=O)NCc1cccc(-c2ccc(F)cc2)c1. The van der Waals surface area contributed by atoms with Crippen molar-refractivity contribution in [3.63, 3.8) is 0 Å². The molecule has 0 unspecified atom stereocenters. The Hall–Kier alpha value is -1.91. The molecule has 21 heavy (non-hydrogen) atoms. The Morgan fingerprint density at radius 1 is 1.10 bits per heavy atom. The zero-order valence-corrected chi connectivity index (χ0v) is 12.3. The van der Waals surface area contributed by atoms with E-state index in [1.165, 1.54) is 12.1 Å². The van der Waals surface area contributed by atoms with Crippen LogP contribution in [0.1, 0.15) is 12.0 Å². The molecule has 3 nitrogen and oxygen atoms in total. The number of halogens is 2. The Morgan fingerprint density at radius 3 is 2.48 bits per heavy atom. The summed E-state index contributed by atoms with van der Waals surface area (Å²) in [5.74, 6) is -0.307. The fourth-order valence-electron chi connectivity index (χ4n) is 1.92. The molecule has 0 bridgehead atoms. The number of carbonyl (C=O) groups excluding carboxylic acids is 1. The number of carbonyl (C=O) groups is 1. The molecule has 3 N–H and O–H groups in total. The fourth-order valence-corrected chi connectivity index (χ4v) is 1.92. The number of hydrogen-bond donors (Lipinski definition) is 2. The van der Waals surface area contributed by atoms with Crippen LogP contribution in [-0.2, 0) is 11.3 Å². The maximum atomic E-state index is 12.9. The Morgan fingerprint density at radius 2 is 1.81 bits per heavy atom. The van der Waals surface area contributed by atoms with E-state index in [9.17, 15) is 9.18 Å². The molecule has 0 fully saturated rings. The van der Waals surface area contributed by atoms with Crippen LogP contribution in [0.5, 0.6) is 0 Å². The molecule has 0 spiro atoms. The van der Waals surface area contributed by atoms with Gasteiger partial charge in [0.15, 0.2) is 0 Å². The summed E-state index contributed by atoms with van der Waals surface area (Å²) in [6.45, 7) is 0.815. The molecule has 2 aromatic rings. The van der Waals surface area contributed by atoms with Gasteiger partial charge in [-0.15, -0.1) is 12.4 Å². The molecular weight excluding hydrogens is 291 g/mol. The summed E-state index contributed by atoms with van der Waals surface area (Å²) in [7, 11) is 0. The molecule has 0 aliphatic carbocycles. The third-order valence-electron chi connectivity index (χ3n) is 2.97. The van der Waals surface area contributed by atoms with Gasteiger partial charge in [0.1, 0.15) is 5.82 Å². The van der Waals surface area contributed by atoms with Crippen molar-refractivity contribution in [2.24, 2.45) is 5.73 Å². The zero-order chi connectivity index (χ0) is 14.4. The molecule has 0 aliphatic heterocycles. The van der Waals surface area contributed by atoms with Crippen molar-refractivity contribution in [3.05, 3.63) is 59.9 Å². The molecule has 2 rings (SSSR count). The lowest BCUT2D eigenvalue weighted by Crippen LogP contribution is -2.24. The van der Waals surface area contributed by atoms with Crippen molar-refractivity contribution in [1.29, 1.82) is 0 Å². The molecule has 0 aromatic heterocycles. The van der Waals surface area contributed by atoms with E-state index in [0.717, 1.165) is 16.7 Å². The number of hydrogen-bond acceptors (Lipinski definition) is 2. The topological polar surface area (TPSA) is 55.1 Å². The molecule has 0 aliphatic rings. The summed E-state index contributed by atoms with van der Waals surface area (Å²) < 4.78 is 12.9. The van der Waals surface area contributed by atoms with E-state index in [0.29, 0.717) is 19.5 Å². The molecule has 0 heterocycles. The number of amides is 1. The molecule has 2 aromatic carbocycles. The second-order valence-corrected chi connectivity index (χ2v) is 4.52. The van der Waals surface area contributed by atoms with Gasteiger partial charge in [-0.05, 0) is 34.9 Å². The highest BCUT2D eigenvalue weighted by Gasteiger charge is 2.02. The molecule has 0 radical (unpaired) electrons. The summed E-state index contributed by atoms with van der Waals surface area (Å²) in [5.41, 5.74) is 8.26. The second kappa shape index (κ2) is 8.39. The van der Waals surface area contributed by atoms with E-state index >= 15 is 0 Å². The van der Waals surface area contributed by atoms with Crippen molar-refractivity contribution in [2.45, 2.75) is 13.0 Å². The molecular formula is C16H18ClFN2O. The first-order valence-corrected chi connectivity index (χ1v) is 6.50. The van der Waals surface area contributed by atoms with Gasteiger partial charge in [-0.1, -0.05) is 30.3 Å². The first-order chi connectivity index (χ1) is 9.69. The average molecular weight is 309 g/mol. The summed E-state index contributed by atoms with van der Waals surface area (Å²) in [6, 6.07) is 14.1. The minimum atomic E-state index is -0.251. The predicted molar refractivity (Wildman–Crippen MR) is 84.6 cm³/mol. The summed E-state index contributed by atoms with van der Waals surface area (Å²) in [6.07, 6.45) is 0.331. The quantitative estimate of drug-likeness (QED) is 0.892.